The van der Waals surface area contributed by atoms with Crippen LogP contribution in [-0.2, 0) is 27.3 Å². The molecular weight excluding hydrogens is 416 g/mol. The lowest BCUT2D eigenvalue weighted by atomic mass is 10.2. The summed E-state index contributed by atoms with van der Waals surface area (Å²) in [4.78, 5) is 6.41. The molecule has 2 aliphatic heterocycles. The molecule has 2 aliphatic rings. The Morgan fingerprint density at radius 1 is 1.14 bits per heavy atom. The van der Waals surface area contributed by atoms with Gasteiger partial charge < -0.3 is 9.47 Å². The molecule has 3 heterocycles. The highest BCUT2D eigenvalue weighted by atomic mass is 32.2. The van der Waals surface area contributed by atoms with Gasteiger partial charge in [0.1, 0.15) is 5.82 Å². The lowest BCUT2D eigenvalue weighted by Gasteiger charge is -2.31. The van der Waals surface area contributed by atoms with E-state index in [0.717, 1.165) is 25.9 Å². The summed E-state index contributed by atoms with van der Waals surface area (Å²) in [6.07, 6.45) is 4.25. The summed E-state index contributed by atoms with van der Waals surface area (Å²) in [5.74, 6) is 0.613. The normalized spacial score (nSPS) is 22.3. The summed E-state index contributed by atoms with van der Waals surface area (Å²) in [6, 6.07) is -0.385. The first-order valence-electron chi connectivity index (χ1n) is 9.95. The van der Waals surface area contributed by atoms with Crippen LogP contribution in [0.25, 0.3) is 0 Å². The average molecular weight is 449 g/mol. The van der Waals surface area contributed by atoms with Crippen LogP contribution in [0, 0.1) is 6.92 Å². The van der Waals surface area contributed by atoms with Gasteiger partial charge in [-0.15, -0.1) is 0 Å². The number of hydrogen-bond donors (Lipinski definition) is 0. The molecule has 1 atom stereocenters. The Morgan fingerprint density at radius 3 is 2.34 bits per heavy atom. The largest absolute Gasteiger partial charge is 0.337 e. The predicted octanol–water partition coefficient (Wildman–Crippen LogP) is -0.304. The van der Waals surface area contributed by atoms with Crippen molar-refractivity contribution in [3.8, 4) is 0 Å². The maximum absolute atomic E-state index is 13.0. The number of imidazole rings is 1. The molecule has 0 amide bonds. The molecule has 0 radical (unpaired) electrons. The molecule has 1 aromatic rings. The molecule has 166 valence electrons. The van der Waals surface area contributed by atoms with Crippen molar-refractivity contribution in [3.05, 3.63) is 12.0 Å². The van der Waals surface area contributed by atoms with E-state index < -0.39 is 20.2 Å². The van der Waals surface area contributed by atoms with Crippen molar-refractivity contribution >= 4 is 20.2 Å². The average Bonchev–Trinajstić information content (AvgIpc) is 3.38. The van der Waals surface area contributed by atoms with E-state index in [0.29, 0.717) is 25.3 Å². The summed E-state index contributed by atoms with van der Waals surface area (Å²) in [5, 5.41) is 0.0113. The van der Waals surface area contributed by atoms with Gasteiger partial charge in [0.15, 0.2) is 5.03 Å². The van der Waals surface area contributed by atoms with Crippen LogP contribution in [0.5, 0.6) is 0 Å². The first kappa shape index (κ1) is 22.6. The van der Waals surface area contributed by atoms with Crippen LogP contribution in [0.1, 0.15) is 25.1 Å². The van der Waals surface area contributed by atoms with E-state index in [1.807, 2.05) is 0 Å². The minimum atomic E-state index is -3.75. The highest BCUT2D eigenvalue weighted by Crippen LogP contribution is 2.25. The van der Waals surface area contributed by atoms with E-state index in [-0.39, 0.29) is 24.2 Å². The standard InChI is InChI=1S/C17H32N6O4S2/c1-15-18-17(14-20(15)4)28(24,25)22-10-7-16(13-22)23(29(26,27)19(2)3)12-11-21-8-5-6-9-21/h14,16H,5-13H2,1-4H3. The van der Waals surface area contributed by atoms with Crippen molar-refractivity contribution in [2.24, 2.45) is 7.05 Å². The number of aryl methyl sites for hydroxylation is 2. The van der Waals surface area contributed by atoms with Gasteiger partial charge in [0.05, 0.1) is 0 Å². The third-order valence-electron chi connectivity index (χ3n) is 5.82. The Kier molecular flexibility index (Phi) is 6.71. The zero-order valence-electron chi connectivity index (χ0n) is 17.7. The van der Waals surface area contributed by atoms with Gasteiger partial charge in [-0.1, -0.05) is 0 Å². The van der Waals surface area contributed by atoms with E-state index in [2.05, 4.69) is 9.88 Å². The van der Waals surface area contributed by atoms with Crippen molar-refractivity contribution < 1.29 is 16.8 Å². The van der Waals surface area contributed by atoms with E-state index in [1.54, 1.807) is 18.5 Å². The molecule has 0 spiro atoms. The van der Waals surface area contributed by atoms with Crippen molar-refractivity contribution in [3.63, 3.8) is 0 Å². The van der Waals surface area contributed by atoms with Gasteiger partial charge in [0, 0.05) is 59.6 Å². The van der Waals surface area contributed by atoms with Gasteiger partial charge in [-0.2, -0.15) is 21.3 Å². The van der Waals surface area contributed by atoms with E-state index in [4.69, 9.17) is 0 Å². The number of likely N-dealkylation sites (tertiary alicyclic amines) is 1. The van der Waals surface area contributed by atoms with Crippen molar-refractivity contribution in [2.45, 2.75) is 37.3 Å². The summed E-state index contributed by atoms with van der Waals surface area (Å²) < 4.78 is 57.6. The van der Waals surface area contributed by atoms with Gasteiger partial charge in [0.25, 0.3) is 20.2 Å². The fraction of sp³-hybridized carbons (Fsp3) is 0.824. The maximum atomic E-state index is 13.0. The molecule has 1 unspecified atom stereocenters. The molecule has 0 aliphatic carbocycles. The van der Waals surface area contributed by atoms with Gasteiger partial charge in [-0.25, -0.2) is 13.4 Å². The molecule has 0 bridgehead atoms. The minimum Gasteiger partial charge on any atom is -0.337 e. The summed E-state index contributed by atoms with van der Waals surface area (Å²) >= 11 is 0. The Morgan fingerprint density at radius 2 is 1.79 bits per heavy atom. The first-order valence-corrected chi connectivity index (χ1v) is 12.8. The quantitative estimate of drug-likeness (QED) is 0.541. The molecule has 1 aromatic heterocycles. The van der Waals surface area contributed by atoms with Crippen LogP contribution < -0.4 is 0 Å². The van der Waals surface area contributed by atoms with Crippen LogP contribution >= 0.6 is 0 Å². The SMILES string of the molecule is Cc1nc(S(=O)(=O)N2CCC(N(CCN3CCCC3)S(=O)(=O)N(C)C)C2)cn1C. The number of aromatic nitrogens is 2. The Bertz CT molecular complexity index is 902. The van der Waals surface area contributed by atoms with Gasteiger partial charge in [0.2, 0.25) is 0 Å². The topological polar surface area (TPSA) is 99.1 Å². The highest BCUT2D eigenvalue weighted by Gasteiger charge is 2.41. The lowest BCUT2D eigenvalue weighted by molar-refractivity contribution is 0.252. The lowest BCUT2D eigenvalue weighted by Crippen LogP contribution is -2.50. The van der Waals surface area contributed by atoms with Crippen molar-refractivity contribution in [1.29, 1.82) is 0 Å². The maximum Gasteiger partial charge on any atom is 0.281 e. The zero-order chi connectivity index (χ0) is 21.4. The Hall–Kier alpha value is -1.05. The smallest absolute Gasteiger partial charge is 0.281 e. The van der Waals surface area contributed by atoms with Gasteiger partial charge >= 0.3 is 0 Å². The highest BCUT2D eigenvalue weighted by molar-refractivity contribution is 7.89. The van der Waals surface area contributed by atoms with Crippen LogP contribution in [0.3, 0.4) is 0 Å². The predicted molar refractivity (Wildman–Crippen MR) is 110 cm³/mol. The summed E-state index contributed by atoms with van der Waals surface area (Å²) in [7, 11) is -2.63. The fourth-order valence-electron chi connectivity index (χ4n) is 3.89. The Balaban J connectivity index is 1.77. The molecule has 29 heavy (non-hydrogen) atoms. The van der Waals surface area contributed by atoms with Crippen LogP contribution in [0.15, 0.2) is 11.2 Å². The van der Waals surface area contributed by atoms with E-state index in [1.165, 1.54) is 33.2 Å². The third kappa shape index (κ3) is 4.67. The number of hydrogen-bond acceptors (Lipinski definition) is 6. The Labute approximate surface area is 174 Å². The summed E-state index contributed by atoms with van der Waals surface area (Å²) in [6.45, 7) is 5.17. The molecule has 2 saturated heterocycles. The van der Waals surface area contributed by atoms with Crippen molar-refractivity contribution in [2.75, 3.05) is 53.4 Å². The monoisotopic (exact) mass is 448 g/mol. The molecule has 10 nitrogen and oxygen atoms in total. The number of rotatable bonds is 8. The first-order chi connectivity index (χ1) is 13.5. The molecule has 3 rings (SSSR count). The number of nitrogens with zero attached hydrogens (tertiary/aromatic N) is 6. The molecule has 12 heteroatoms. The second kappa shape index (κ2) is 8.60. The minimum absolute atomic E-state index is 0.0113. The van der Waals surface area contributed by atoms with Crippen LogP contribution in [-0.4, -0.2) is 104 Å². The van der Waals surface area contributed by atoms with Crippen LogP contribution in [0.2, 0.25) is 0 Å². The molecule has 0 N–H and O–H groups in total. The van der Waals surface area contributed by atoms with Crippen LogP contribution in [0.4, 0.5) is 0 Å². The van der Waals surface area contributed by atoms with Gasteiger partial charge in [-0.05, 0) is 39.3 Å². The van der Waals surface area contributed by atoms with E-state index in [9.17, 15) is 16.8 Å². The van der Waals surface area contributed by atoms with Gasteiger partial charge in [-0.3, -0.25) is 0 Å². The second-order valence-electron chi connectivity index (χ2n) is 7.99. The summed E-state index contributed by atoms with van der Waals surface area (Å²) in [5.41, 5.74) is 0. The third-order valence-corrected chi connectivity index (χ3v) is 9.55. The molecule has 0 aromatic carbocycles. The second-order valence-corrected chi connectivity index (χ2v) is 12.0. The number of sulfonamides is 1. The van der Waals surface area contributed by atoms with Crippen molar-refractivity contribution in [1.82, 2.24) is 27.4 Å². The zero-order valence-corrected chi connectivity index (χ0v) is 19.3. The fourth-order valence-corrected chi connectivity index (χ4v) is 6.69. The molecular formula is C17H32N6O4S2. The molecule has 2 fully saturated rings. The van der Waals surface area contributed by atoms with E-state index >= 15 is 0 Å². The molecule has 0 saturated carbocycles.